The predicted octanol–water partition coefficient (Wildman–Crippen LogP) is 8.37. The molecular weight excluding hydrogens is 741 g/mol. The molecule has 0 aliphatic rings. The fourth-order valence-electron chi connectivity index (χ4n) is 2.56. The van der Waals surface area contributed by atoms with Gasteiger partial charge in [0.25, 0.3) is 30.4 Å². The van der Waals surface area contributed by atoms with Crippen LogP contribution in [-0.4, -0.2) is 70.3 Å². The smallest absolute Gasteiger partial charge is 0.286 e. The van der Waals surface area contributed by atoms with Crippen molar-refractivity contribution in [3.05, 3.63) is 120 Å². The number of rotatable bonds is 2. The highest BCUT2D eigenvalue weighted by Gasteiger charge is 1.92. The van der Waals surface area contributed by atoms with E-state index in [0.29, 0.717) is 18.8 Å². The van der Waals surface area contributed by atoms with E-state index in [1.807, 2.05) is 55.4 Å². The maximum atomic E-state index is 9.19. The number of fused-ring (bicyclic) bond motifs is 1. The molecule has 51 heavy (non-hydrogen) atoms. The first-order valence-electron chi connectivity index (χ1n) is 15.2. The van der Waals surface area contributed by atoms with Gasteiger partial charge in [0.05, 0.1) is 18.8 Å². The molecule has 0 radical (unpaired) electrons. The summed E-state index contributed by atoms with van der Waals surface area (Å²) in [7, 11) is -14.1. The van der Waals surface area contributed by atoms with Crippen LogP contribution in [0.3, 0.4) is 0 Å². The van der Waals surface area contributed by atoms with E-state index in [0.717, 1.165) is 6.42 Å². The van der Waals surface area contributed by atoms with Gasteiger partial charge in [-0.2, -0.15) is 25.3 Å². The predicted molar refractivity (Wildman–Crippen MR) is 214 cm³/mol. The van der Waals surface area contributed by atoms with Gasteiger partial charge in [-0.1, -0.05) is 172 Å². The van der Waals surface area contributed by atoms with Gasteiger partial charge in [0.15, 0.2) is 0 Å². The van der Waals surface area contributed by atoms with Gasteiger partial charge in [-0.05, 0) is 28.3 Å². The summed E-state index contributed by atoms with van der Waals surface area (Å²) in [5.74, 6) is 0. The zero-order valence-corrected chi connectivity index (χ0v) is 34.0. The van der Waals surface area contributed by atoms with E-state index in [1.54, 1.807) is 0 Å². The van der Waals surface area contributed by atoms with Gasteiger partial charge in [0.2, 0.25) is 0 Å². The van der Waals surface area contributed by atoms with Crippen molar-refractivity contribution in [2.75, 3.05) is 18.8 Å². The van der Waals surface area contributed by atoms with Crippen molar-refractivity contribution in [3.8, 4) is 0 Å². The van der Waals surface area contributed by atoms with E-state index < -0.39 is 41.0 Å². The first kappa shape index (κ1) is 62.6. The summed E-state index contributed by atoms with van der Waals surface area (Å²) in [6.45, 7) is 16.0. The SMILES string of the molecule is C.CC.CC.CC.CC.CS(=O)(=O)O.CS(=O)(=O)O.CS(=O)(=O)O.O=S(=O)=O.c1ccc(Cc2ccccc2)cc1.c1ccc2ccccc2c1. The maximum Gasteiger partial charge on any atom is 0.425 e. The van der Waals surface area contributed by atoms with Crippen molar-refractivity contribution in [3.63, 3.8) is 0 Å². The van der Waals surface area contributed by atoms with Crippen molar-refractivity contribution in [1.29, 1.82) is 0 Å². The van der Waals surface area contributed by atoms with Crippen LogP contribution in [0.1, 0.15) is 73.9 Å². The molecule has 4 aromatic carbocycles. The number of benzene rings is 4. The maximum absolute atomic E-state index is 9.19. The van der Waals surface area contributed by atoms with E-state index >= 15 is 0 Å². The van der Waals surface area contributed by atoms with E-state index in [2.05, 4.69) is 109 Å². The lowest BCUT2D eigenvalue weighted by molar-refractivity contribution is 0.488. The first-order chi connectivity index (χ1) is 23.1. The van der Waals surface area contributed by atoms with Gasteiger partial charge in [-0.15, -0.1) is 12.6 Å². The average Bonchev–Trinajstić information content (AvgIpc) is 3.04. The lowest BCUT2D eigenvalue weighted by Crippen LogP contribution is -1.88. The number of hydrogen-bond donors (Lipinski definition) is 3. The van der Waals surface area contributed by atoms with Gasteiger partial charge in [0.1, 0.15) is 0 Å². The Bertz CT molecular complexity index is 1540. The highest BCUT2D eigenvalue weighted by Crippen LogP contribution is 2.11. The molecule has 16 heteroatoms. The molecule has 0 unspecified atom stereocenters. The minimum Gasteiger partial charge on any atom is -0.286 e. The molecule has 0 bridgehead atoms. The minimum atomic E-state index is -3.67. The van der Waals surface area contributed by atoms with Crippen molar-refractivity contribution in [2.24, 2.45) is 0 Å². The summed E-state index contributed by atoms with van der Waals surface area (Å²) >= 11 is 0. The first-order valence-corrected chi connectivity index (χ1v) is 21.8. The van der Waals surface area contributed by atoms with Crippen molar-refractivity contribution in [2.45, 2.75) is 69.2 Å². The summed E-state index contributed by atoms with van der Waals surface area (Å²) in [5, 5.41) is 2.62. The Morgan fingerprint density at radius 3 is 0.706 bits per heavy atom. The van der Waals surface area contributed by atoms with Crippen molar-refractivity contribution in [1.82, 2.24) is 0 Å². The molecule has 0 spiro atoms. The Balaban J connectivity index is -0.0000000918. The summed E-state index contributed by atoms with van der Waals surface area (Å²) in [6.07, 6.45) is 3.18. The minimum absolute atomic E-state index is 0. The molecule has 0 aliphatic carbocycles. The summed E-state index contributed by atoms with van der Waals surface area (Å²) in [4.78, 5) is 0. The van der Waals surface area contributed by atoms with Crippen LogP contribution in [-0.2, 0) is 47.4 Å². The van der Waals surface area contributed by atoms with Crippen LogP contribution < -0.4 is 0 Å². The molecule has 4 aromatic rings. The van der Waals surface area contributed by atoms with E-state index in [1.165, 1.54) is 21.9 Å². The third-order valence-electron chi connectivity index (χ3n) is 3.75. The van der Waals surface area contributed by atoms with Crippen LogP contribution in [0.5, 0.6) is 0 Å². The van der Waals surface area contributed by atoms with E-state index in [9.17, 15) is 25.3 Å². The van der Waals surface area contributed by atoms with Crippen molar-refractivity contribution >= 4 is 51.7 Å². The average molecular weight is 801 g/mol. The Morgan fingerprint density at radius 2 is 0.549 bits per heavy atom. The Labute approximate surface area is 310 Å². The molecule has 0 heterocycles. The van der Waals surface area contributed by atoms with Crippen LogP contribution in [0.4, 0.5) is 0 Å². The molecular formula is C35H60O12S4. The summed E-state index contributed by atoms with van der Waals surface area (Å²) < 4.78 is 103. The molecule has 0 saturated carbocycles. The second-order valence-corrected chi connectivity index (χ2v) is 12.7. The lowest BCUT2D eigenvalue weighted by atomic mass is 10.1. The highest BCUT2D eigenvalue weighted by atomic mass is 32.2. The molecule has 0 fully saturated rings. The monoisotopic (exact) mass is 800 g/mol. The van der Waals surface area contributed by atoms with Gasteiger partial charge < -0.3 is 0 Å². The Morgan fingerprint density at radius 1 is 0.412 bits per heavy atom. The Hall–Kier alpha value is -3.51. The largest absolute Gasteiger partial charge is 0.425 e. The third kappa shape index (κ3) is 77.4. The second-order valence-electron chi connectivity index (χ2n) is 7.90. The molecule has 0 aromatic heterocycles. The molecule has 12 nitrogen and oxygen atoms in total. The number of hydrogen-bond acceptors (Lipinski definition) is 9. The fraction of sp³-hybridized carbons (Fsp3) is 0.371. The normalized spacial score (nSPS) is 8.82. The molecule has 0 atom stereocenters. The van der Waals surface area contributed by atoms with Gasteiger partial charge in [-0.3, -0.25) is 13.7 Å². The molecule has 0 aliphatic heterocycles. The standard InChI is InChI=1S/C13H12.C10H8.4C2H6.3CH4O3S.CH4.O3S/c1-3-7-12(8-4-1)11-13-9-5-2-6-10-13;1-2-6-10-8-4-3-7-9(10)5-1;4*1-2;3*1-5(2,3)4;;1-4(2)3/h1-10H,11H2;1-8H;4*1-2H3;3*1H3,(H,2,3,4);1H4;. The van der Waals surface area contributed by atoms with E-state index in [4.69, 9.17) is 26.3 Å². The van der Waals surface area contributed by atoms with Crippen LogP contribution >= 0.6 is 0 Å². The fourth-order valence-corrected chi connectivity index (χ4v) is 2.56. The molecule has 3 N–H and O–H groups in total. The topological polar surface area (TPSA) is 214 Å². The third-order valence-corrected chi connectivity index (χ3v) is 3.75. The van der Waals surface area contributed by atoms with E-state index in [-0.39, 0.29) is 7.43 Å². The molecule has 0 amide bonds. The summed E-state index contributed by atoms with van der Waals surface area (Å²) in [6, 6.07) is 37.8. The van der Waals surface area contributed by atoms with Gasteiger partial charge in [0, 0.05) is 0 Å². The van der Waals surface area contributed by atoms with Crippen LogP contribution in [0.25, 0.3) is 10.8 Å². The quantitative estimate of drug-likeness (QED) is 0.163. The summed E-state index contributed by atoms with van der Waals surface area (Å²) in [5.41, 5.74) is 2.74. The Kier molecular flexibility index (Phi) is 50.2. The highest BCUT2D eigenvalue weighted by molar-refractivity contribution is 7.85. The zero-order valence-electron chi connectivity index (χ0n) is 30.7. The van der Waals surface area contributed by atoms with Crippen LogP contribution in [0, 0.1) is 0 Å². The van der Waals surface area contributed by atoms with Crippen LogP contribution in [0.2, 0.25) is 0 Å². The second kappa shape index (κ2) is 40.9. The van der Waals surface area contributed by atoms with Crippen LogP contribution in [0.15, 0.2) is 109 Å². The lowest BCUT2D eigenvalue weighted by Gasteiger charge is -2.00. The molecule has 0 saturated heterocycles. The zero-order chi connectivity index (χ0) is 40.8. The molecule has 296 valence electrons. The van der Waals surface area contributed by atoms with Gasteiger partial charge in [-0.25, -0.2) is 0 Å². The van der Waals surface area contributed by atoms with Crippen molar-refractivity contribution < 1.29 is 51.5 Å². The van der Waals surface area contributed by atoms with Gasteiger partial charge >= 0.3 is 10.6 Å². The molecule has 4 rings (SSSR count).